The summed E-state index contributed by atoms with van der Waals surface area (Å²) in [5.41, 5.74) is 3.20. The number of hydrogen-bond donors (Lipinski definition) is 0. The Morgan fingerprint density at radius 1 is 0.680 bits per heavy atom. The SMILES string of the molecule is CC(PC1CCCCC1)C1OC(C)(C)OC1C(C)PC1CCCCC1. The van der Waals surface area contributed by atoms with E-state index in [9.17, 15) is 0 Å². The van der Waals surface area contributed by atoms with Crippen LogP contribution in [0.1, 0.15) is 91.9 Å². The van der Waals surface area contributed by atoms with Gasteiger partial charge in [-0.05, 0) is 50.8 Å². The topological polar surface area (TPSA) is 18.5 Å². The number of rotatable bonds is 6. The van der Waals surface area contributed by atoms with E-state index < -0.39 is 5.79 Å². The van der Waals surface area contributed by atoms with Crippen molar-refractivity contribution in [1.29, 1.82) is 0 Å². The zero-order valence-corrected chi connectivity index (χ0v) is 18.9. The highest BCUT2D eigenvalue weighted by molar-refractivity contribution is 7.40. The minimum Gasteiger partial charge on any atom is -0.344 e. The molecule has 2 nitrogen and oxygen atoms in total. The van der Waals surface area contributed by atoms with Crippen LogP contribution in [0.3, 0.4) is 0 Å². The summed E-state index contributed by atoms with van der Waals surface area (Å²) in [4.78, 5) is 0. The van der Waals surface area contributed by atoms with Crippen LogP contribution in [0.2, 0.25) is 0 Å². The summed E-state index contributed by atoms with van der Waals surface area (Å²) in [6, 6.07) is 0. The molecule has 4 heteroatoms. The number of hydrogen-bond acceptors (Lipinski definition) is 2. The standard InChI is InChI=1S/C21H40O2P2/c1-15(24-17-11-7-5-8-12-17)19-20(23-21(3,4)22-19)16(2)25-18-13-9-6-10-14-18/h15-20,24-25H,5-14H2,1-4H3. The molecule has 3 rings (SSSR count). The summed E-state index contributed by atoms with van der Waals surface area (Å²) in [6.07, 6.45) is 15.1. The summed E-state index contributed by atoms with van der Waals surface area (Å²) >= 11 is 0. The molecule has 0 N–H and O–H groups in total. The van der Waals surface area contributed by atoms with Crippen LogP contribution in [0.25, 0.3) is 0 Å². The van der Waals surface area contributed by atoms with Gasteiger partial charge in [0.1, 0.15) is 0 Å². The molecule has 6 atom stereocenters. The van der Waals surface area contributed by atoms with E-state index in [-0.39, 0.29) is 0 Å². The maximum atomic E-state index is 6.46. The van der Waals surface area contributed by atoms with Gasteiger partial charge in [0, 0.05) is 11.3 Å². The smallest absolute Gasteiger partial charge is 0.163 e. The fraction of sp³-hybridized carbons (Fsp3) is 1.00. The first-order valence-electron chi connectivity index (χ1n) is 10.8. The minimum atomic E-state index is -0.397. The molecule has 3 aliphatic rings. The molecular weight excluding hydrogens is 346 g/mol. The highest BCUT2D eigenvalue weighted by atomic mass is 31.1. The van der Waals surface area contributed by atoms with Gasteiger partial charge in [-0.1, -0.05) is 52.4 Å². The van der Waals surface area contributed by atoms with E-state index in [2.05, 4.69) is 27.7 Å². The van der Waals surface area contributed by atoms with Crippen LogP contribution >= 0.6 is 17.2 Å². The van der Waals surface area contributed by atoms with Crippen molar-refractivity contribution in [3.63, 3.8) is 0 Å². The second kappa shape index (κ2) is 9.32. The van der Waals surface area contributed by atoms with Crippen LogP contribution < -0.4 is 0 Å². The van der Waals surface area contributed by atoms with E-state index in [0.717, 1.165) is 28.5 Å². The summed E-state index contributed by atoms with van der Waals surface area (Å²) in [6.45, 7) is 9.11. The lowest BCUT2D eigenvalue weighted by atomic mass is 10.0. The van der Waals surface area contributed by atoms with Crippen molar-refractivity contribution in [3.8, 4) is 0 Å². The van der Waals surface area contributed by atoms with E-state index in [1.54, 1.807) is 0 Å². The van der Waals surface area contributed by atoms with Gasteiger partial charge in [0.25, 0.3) is 0 Å². The van der Waals surface area contributed by atoms with Crippen LogP contribution in [0.4, 0.5) is 0 Å². The van der Waals surface area contributed by atoms with Gasteiger partial charge in [-0.25, -0.2) is 0 Å². The molecule has 3 fully saturated rings. The average Bonchev–Trinajstić information content (AvgIpc) is 2.93. The van der Waals surface area contributed by atoms with Crippen LogP contribution in [0.15, 0.2) is 0 Å². The molecule has 0 radical (unpaired) electrons. The molecule has 1 saturated heterocycles. The fourth-order valence-corrected chi connectivity index (χ4v) is 8.93. The van der Waals surface area contributed by atoms with Gasteiger partial charge in [-0.15, -0.1) is 17.2 Å². The van der Waals surface area contributed by atoms with Gasteiger partial charge in [0.2, 0.25) is 0 Å². The lowest BCUT2D eigenvalue weighted by molar-refractivity contribution is -0.145. The molecule has 25 heavy (non-hydrogen) atoms. The third kappa shape index (κ3) is 5.88. The van der Waals surface area contributed by atoms with Crippen molar-refractivity contribution in [2.45, 2.75) is 133 Å². The lowest BCUT2D eigenvalue weighted by Gasteiger charge is -2.33. The van der Waals surface area contributed by atoms with Crippen LogP contribution in [0, 0.1) is 0 Å². The van der Waals surface area contributed by atoms with Crippen molar-refractivity contribution in [3.05, 3.63) is 0 Å². The molecule has 1 heterocycles. The van der Waals surface area contributed by atoms with Gasteiger partial charge < -0.3 is 9.47 Å². The number of ether oxygens (including phenoxy) is 2. The summed E-state index contributed by atoms with van der Waals surface area (Å²) in [7, 11) is 2.10. The van der Waals surface area contributed by atoms with E-state index in [4.69, 9.17) is 9.47 Å². The molecule has 2 aliphatic carbocycles. The molecule has 6 unspecified atom stereocenters. The van der Waals surface area contributed by atoms with Gasteiger partial charge in [0.15, 0.2) is 5.79 Å². The summed E-state index contributed by atoms with van der Waals surface area (Å²) < 4.78 is 12.9. The Morgan fingerprint density at radius 2 is 1.04 bits per heavy atom. The molecule has 0 aromatic carbocycles. The Morgan fingerprint density at radius 3 is 1.40 bits per heavy atom. The lowest BCUT2D eigenvalue weighted by Crippen LogP contribution is -2.38. The highest BCUT2D eigenvalue weighted by Crippen LogP contribution is 2.46. The Balaban J connectivity index is 1.58. The largest absolute Gasteiger partial charge is 0.344 e. The quantitative estimate of drug-likeness (QED) is 0.498. The maximum Gasteiger partial charge on any atom is 0.163 e. The molecule has 2 saturated carbocycles. The monoisotopic (exact) mass is 386 g/mol. The van der Waals surface area contributed by atoms with Crippen molar-refractivity contribution >= 4 is 17.2 Å². The molecule has 0 amide bonds. The Bertz CT molecular complexity index is 367. The van der Waals surface area contributed by atoms with Gasteiger partial charge in [-0.3, -0.25) is 0 Å². The minimum absolute atomic E-state index is 0.307. The van der Waals surface area contributed by atoms with Crippen molar-refractivity contribution in [2.24, 2.45) is 0 Å². The zero-order chi connectivity index (χ0) is 17.9. The van der Waals surface area contributed by atoms with Crippen molar-refractivity contribution in [2.75, 3.05) is 0 Å². The molecular formula is C21H40O2P2. The zero-order valence-electron chi connectivity index (χ0n) is 16.9. The average molecular weight is 386 g/mol. The van der Waals surface area contributed by atoms with Gasteiger partial charge >= 0.3 is 0 Å². The first-order valence-corrected chi connectivity index (χ1v) is 13.1. The predicted octanol–water partition coefficient (Wildman–Crippen LogP) is 6.31. The molecule has 0 spiro atoms. The normalized spacial score (nSPS) is 35.0. The van der Waals surface area contributed by atoms with E-state index in [0.29, 0.717) is 23.5 Å². The second-order valence-corrected chi connectivity index (χ2v) is 13.3. The van der Waals surface area contributed by atoms with E-state index in [1.807, 2.05) is 0 Å². The van der Waals surface area contributed by atoms with Crippen molar-refractivity contribution < 1.29 is 9.47 Å². The second-order valence-electron chi connectivity index (χ2n) is 9.15. The van der Waals surface area contributed by atoms with Crippen LogP contribution in [-0.4, -0.2) is 40.6 Å². The van der Waals surface area contributed by atoms with Crippen LogP contribution in [-0.2, 0) is 9.47 Å². The Kier molecular flexibility index (Phi) is 7.65. The fourth-order valence-electron chi connectivity index (χ4n) is 5.06. The predicted molar refractivity (Wildman–Crippen MR) is 113 cm³/mol. The molecule has 0 aromatic heterocycles. The molecule has 0 aromatic rings. The van der Waals surface area contributed by atoms with E-state index in [1.165, 1.54) is 64.2 Å². The van der Waals surface area contributed by atoms with Gasteiger partial charge in [0.05, 0.1) is 12.2 Å². The molecule has 146 valence electrons. The first kappa shape index (κ1) is 20.5. The highest BCUT2D eigenvalue weighted by Gasteiger charge is 2.46. The maximum absolute atomic E-state index is 6.46. The first-order chi connectivity index (χ1) is 11.9. The van der Waals surface area contributed by atoms with Crippen molar-refractivity contribution in [1.82, 2.24) is 0 Å². The van der Waals surface area contributed by atoms with Crippen LogP contribution in [0.5, 0.6) is 0 Å². The molecule has 1 aliphatic heterocycles. The van der Waals surface area contributed by atoms with E-state index >= 15 is 0 Å². The third-order valence-electron chi connectivity index (χ3n) is 6.36. The Labute approximate surface area is 159 Å². The van der Waals surface area contributed by atoms with Gasteiger partial charge in [-0.2, -0.15) is 0 Å². The summed E-state index contributed by atoms with van der Waals surface area (Å²) in [5, 5.41) is 0. The summed E-state index contributed by atoms with van der Waals surface area (Å²) in [5.74, 6) is -0.397. The molecule has 0 bridgehead atoms. The third-order valence-corrected chi connectivity index (χ3v) is 10.2. The Hall–Kier alpha value is 0.780.